The molecule has 3 aromatic rings. The molecule has 25 heavy (non-hydrogen) atoms. The first-order chi connectivity index (χ1) is 12.2. The SMILES string of the molecule is O=C(Nc1ccc(Br)cc1)C1CN(c2cc(-n3cccn3)ncn2)C1. The highest BCUT2D eigenvalue weighted by Crippen LogP contribution is 2.25. The number of carbonyl (C=O) groups excluding carboxylic acids is 1. The monoisotopic (exact) mass is 398 g/mol. The third-order valence-corrected chi connectivity index (χ3v) is 4.59. The summed E-state index contributed by atoms with van der Waals surface area (Å²) in [5.41, 5.74) is 0.801. The van der Waals surface area contributed by atoms with Gasteiger partial charge in [0.05, 0.1) is 5.92 Å². The molecule has 1 saturated heterocycles. The Bertz CT molecular complexity index is 874. The average Bonchev–Trinajstić information content (AvgIpc) is 3.10. The quantitative estimate of drug-likeness (QED) is 0.730. The molecule has 0 atom stereocenters. The summed E-state index contributed by atoms with van der Waals surface area (Å²) in [6, 6.07) is 11.3. The van der Waals surface area contributed by atoms with Gasteiger partial charge in [-0.25, -0.2) is 14.6 Å². The largest absolute Gasteiger partial charge is 0.355 e. The highest BCUT2D eigenvalue weighted by Gasteiger charge is 2.33. The number of rotatable bonds is 4. The van der Waals surface area contributed by atoms with Crippen LogP contribution in [0.3, 0.4) is 0 Å². The van der Waals surface area contributed by atoms with Crippen molar-refractivity contribution in [1.29, 1.82) is 0 Å². The molecule has 1 aliphatic heterocycles. The van der Waals surface area contributed by atoms with Gasteiger partial charge in [0.15, 0.2) is 5.82 Å². The van der Waals surface area contributed by atoms with Gasteiger partial charge in [-0.3, -0.25) is 4.79 Å². The van der Waals surface area contributed by atoms with Crippen LogP contribution in [0.1, 0.15) is 0 Å². The molecule has 0 bridgehead atoms. The highest BCUT2D eigenvalue weighted by atomic mass is 79.9. The zero-order valence-electron chi connectivity index (χ0n) is 13.2. The van der Waals surface area contributed by atoms with Crippen LogP contribution in [0.25, 0.3) is 5.82 Å². The van der Waals surface area contributed by atoms with E-state index in [1.54, 1.807) is 10.9 Å². The van der Waals surface area contributed by atoms with Crippen molar-refractivity contribution in [3.8, 4) is 5.82 Å². The Morgan fingerprint density at radius 1 is 1.16 bits per heavy atom. The van der Waals surface area contributed by atoms with Gasteiger partial charge in [-0.2, -0.15) is 5.10 Å². The van der Waals surface area contributed by atoms with Crippen LogP contribution >= 0.6 is 15.9 Å². The highest BCUT2D eigenvalue weighted by molar-refractivity contribution is 9.10. The summed E-state index contributed by atoms with van der Waals surface area (Å²) in [4.78, 5) is 22.9. The van der Waals surface area contributed by atoms with Gasteiger partial charge in [-0.1, -0.05) is 15.9 Å². The number of hydrogen-bond acceptors (Lipinski definition) is 5. The fourth-order valence-electron chi connectivity index (χ4n) is 2.65. The van der Waals surface area contributed by atoms with Crippen LogP contribution in [0.15, 0.2) is 59.6 Å². The molecule has 8 heteroatoms. The Hall–Kier alpha value is -2.74. The molecular formula is C17H15BrN6O. The predicted octanol–water partition coefficient (Wildman–Crippen LogP) is 2.50. The molecule has 1 aliphatic rings. The van der Waals surface area contributed by atoms with E-state index in [4.69, 9.17) is 0 Å². The van der Waals surface area contributed by atoms with E-state index in [1.165, 1.54) is 6.33 Å². The minimum Gasteiger partial charge on any atom is -0.355 e. The lowest BCUT2D eigenvalue weighted by molar-refractivity contribution is -0.120. The number of nitrogens with one attached hydrogen (secondary N) is 1. The van der Waals surface area contributed by atoms with E-state index in [1.807, 2.05) is 42.6 Å². The summed E-state index contributed by atoms with van der Waals surface area (Å²) in [5, 5.41) is 7.11. The number of aromatic nitrogens is 4. The van der Waals surface area contributed by atoms with Gasteiger partial charge < -0.3 is 10.2 Å². The zero-order chi connectivity index (χ0) is 17.2. The number of halogens is 1. The lowest BCUT2D eigenvalue weighted by Gasteiger charge is -2.39. The second-order valence-electron chi connectivity index (χ2n) is 5.78. The summed E-state index contributed by atoms with van der Waals surface area (Å²) in [5.74, 6) is 1.48. The molecule has 0 aliphatic carbocycles. The van der Waals surface area contributed by atoms with Crippen LogP contribution in [0, 0.1) is 5.92 Å². The molecule has 0 radical (unpaired) electrons. The summed E-state index contributed by atoms with van der Waals surface area (Å²) in [7, 11) is 0. The molecule has 4 rings (SSSR count). The molecule has 0 saturated carbocycles. The first-order valence-electron chi connectivity index (χ1n) is 7.82. The number of hydrogen-bond donors (Lipinski definition) is 1. The normalized spacial score (nSPS) is 14.2. The van der Waals surface area contributed by atoms with Gasteiger partial charge >= 0.3 is 0 Å². The number of nitrogens with zero attached hydrogens (tertiary/aromatic N) is 5. The topological polar surface area (TPSA) is 75.9 Å². The van der Waals surface area contributed by atoms with Crippen LogP contribution in [-0.2, 0) is 4.79 Å². The van der Waals surface area contributed by atoms with Crippen molar-refractivity contribution < 1.29 is 4.79 Å². The van der Waals surface area contributed by atoms with Gasteiger partial charge in [-0.05, 0) is 30.3 Å². The van der Waals surface area contributed by atoms with Crippen molar-refractivity contribution >= 4 is 33.3 Å². The van der Waals surface area contributed by atoms with Gasteiger partial charge in [0.2, 0.25) is 5.91 Å². The Kier molecular flexibility index (Phi) is 4.19. The van der Waals surface area contributed by atoms with E-state index in [-0.39, 0.29) is 11.8 Å². The molecular weight excluding hydrogens is 384 g/mol. The number of anilines is 2. The van der Waals surface area contributed by atoms with E-state index >= 15 is 0 Å². The van der Waals surface area contributed by atoms with Crippen molar-refractivity contribution in [2.45, 2.75) is 0 Å². The molecule has 1 amide bonds. The number of benzene rings is 1. The molecule has 126 valence electrons. The summed E-state index contributed by atoms with van der Waals surface area (Å²) in [6.07, 6.45) is 5.05. The minimum atomic E-state index is -0.0493. The molecule has 2 aromatic heterocycles. The van der Waals surface area contributed by atoms with Crippen LogP contribution in [0.5, 0.6) is 0 Å². The fraction of sp³-hybridized carbons (Fsp3) is 0.176. The smallest absolute Gasteiger partial charge is 0.231 e. The second kappa shape index (κ2) is 6.64. The van der Waals surface area contributed by atoms with Crippen molar-refractivity contribution in [3.63, 3.8) is 0 Å². The Morgan fingerprint density at radius 3 is 2.64 bits per heavy atom. The average molecular weight is 399 g/mol. The summed E-state index contributed by atoms with van der Waals surface area (Å²) >= 11 is 3.38. The fourth-order valence-corrected chi connectivity index (χ4v) is 2.91. The summed E-state index contributed by atoms with van der Waals surface area (Å²) < 4.78 is 2.67. The molecule has 0 spiro atoms. The molecule has 1 N–H and O–H groups in total. The van der Waals surface area contributed by atoms with Crippen LogP contribution in [0.2, 0.25) is 0 Å². The van der Waals surface area contributed by atoms with Crippen LogP contribution in [0.4, 0.5) is 11.5 Å². The van der Waals surface area contributed by atoms with Gasteiger partial charge in [0, 0.05) is 41.7 Å². The van der Waals surface area contributed by atoms with Crippen LogP contribution < -0.4 is 10.2 Å². The third-order valence-electron chi connectivity index (χ3n) is 4.07. The zero-order valence-corrected chi connectivity index (χ0v) is 14.8. The molecule has 1 fully saturated rings. The van der Waals surface area contributed by atoms with Gasteiger partial charge in [-0.15, -0.1) is 0 Å². The van der Waals surface area contributed by atoms with Crippen molar-refractivity contribution in [1.82, 2.24) is 19.7 Å². The van der Waals surface area contributed by atoms with Gasteiger partial charge in [0.25, 0.3) is 0 Å². The first kappa shape index (κ1) is 15.8. The van der Waals surface area contributed by atoms with E-state index in [0.717, 1.165) is 16.0 Å². The Labute approximate surface area is 152 Å². The lowest BCUT2D eigenvalue weighted by atomic mass is 9.99. The molecule has 7 nitrogen and oxygen atoms in total. The summed E-state index contributed by atoms with van der Waals surface area (Å²) in [6.45, 7) is 1.27. The van der Waals surface area contributed by atoms with E-state index in [0.29, 0.717) is 18.9 Å². The third kappa shape index (κ3) is 3.39. The lowest BCUT2D eigenvalue weighted by Crippen LogP contribution is -2.52. The standard InChI is InChI=1S/C17H15BrN6O/c18-13-2-4-14(5-3-13)22-17(25)12-9-23(10-12)15-8-16(20-11-19-15)24-7-1-6-21-24/h1-8,11-12H,9-10H2,(H,22,25). The molecule has 1 aromatic carbocycles. The van der Waals surface area contributed by atoms with Gasteiger partial charge in [0.1, 0.15) is 12.1 Å². The predicted molar refractivity (Wildman–Crippen MR) is 97.6 cm³/mol. The maximum atomic E-state index is 12.3. The van der Waals surface area contributed by atoms with Crippen molar-refractivity contribution in [2.75, 3.05) is 23.3 Å². The Morgan fingerprint density at radius 2 is 1.92 bits per heavy atom. The molecule has 0 unspecified atom stereocenters. The van der Waals surface area contributed by atoms with Crippen molar-refractivity contribution in [3.05, 3.63) is 59.6 Å². The van der Waals surface area contributed by atoms with Crippen molar-refractivity contribution in [2.24, 2.45) is 5.92 Å². The second-order valence-corrected chi connectivity index (χ2v) is 6.70. The number of carbonyl (C=O) groups is 1. The van der Waals surface area contributed by atoms with E-state index < -0.39 is 0 Å². The molecule has 3 heterocycles. The van der Waals surface area contributed by atoms with E-state index in [2.05, 4.69) is 41.2 Å². The maximum Gasteiger partial charge on any atom is 0.231 e. The van der Waals surface area contributed by atoms with Crippen LogP contribution in [-0.4, -0.2) is 38.7 Å². The maximum absolute atomic E-state index is 12.3. The number of amides is 1. The van der Waals surface area contributed by atoms with E-state index in [9.17, 15) is 4.79 Å². The first-order valence-corrected chi connectivity index (χ1v) is 8.62. The Balaban J connectivity index is 1.38. The minimum absolute atomic E-state index is 0.0277.